The molecule has 0 radical (unpaired) electrons. The Morgan fingerprint density at radius 1 is 1.21 bits per heavy atom. The van der Waals surface area contributed by atoms with E-state index in [9.17, 15) is 4.79 Å². The van der Waals surface area contributed by atoms with Crippen LogP contribution in [0.3, 0.4) is 0 Å². The first-order valence-electron chi connectivity index (χ1n) is 10.9. The number of hydrogen-bond acceptors (Lipinski definition) is 4. The van der Waals surface area contributed by atoms with Crippen molar-refractivity contribution >= 4 is 12.5 Å². The van der Waals surface area contributed by atoms with Crippen molar-refractivity contribution in [3.8, 4) is 0 Å². The SMILES string of the molecule is COCCN1CCCC(CNC(=O)NC23CC4CC(CC(C4)C2)C3)C1.O=CO. The summed E-state index contributed by atoms with van der Waals surface area (Å²) < 4.78 is 5.19. The van der Waals surface area contributed by atoms with Gasteiger partial charge in [0.05, 0.1) is 6.61 Å². The maximum Gasteiger partial charge on any atom is 0.315 e. The molecule has 0 spiro atoms. The third-order valence-corrected chi connectivity index (χ3v) is 7.18. The van der Waals surface area contributed by atoms with Gasteiger partial charge in [0.2, 0.25) is 0 Å². The predicted molar refractivity (Wildman–Crippen MR) is 107 cm³/mol. The molecular weight excluding hydrogens is 358 g/mol. The lowest BCUT2D eigenvalue weighted by Gasteiger charge is -2.56. The van der Waals surface area contributed by atoms with Gasteiger partial charge in [-0.3, -0.25) is 4.79 Å². The fraction of sp³-hybridized carbons (Fsp3) is 0.905. The minimum Gasteiger partial charge on any atom is -0.483 e. The Hall–Kier alpha value is -1.34. The van der Waals surface area contributed by atoms with Crippen LogP contribution in [0.15, 0.2) is 0 Å². The monoisotopic (exact) mass is 395 g/mol. The zero-order valence-corrected chi connectivity index (χ0v) is 17.2. The summed E-state index contributed by atoms with van der Waals surface area (Å²) in [4.78, 5) is 23.4. The number of carboxylic acid groups (broad SMARTS) is 1. The zero-order chi connectivity index (χ0) is 20.0. The molecule has 0 aromatic heterocycles. The van der Waals surface area contributed by atoms with Crippen LogP contribution in [0.25, 0.3) is 0 Å². The molecule has 4 aliphatic carbocycles. The number of nitrogens with zero attached hydrogens (tertiary/aromatic N) is 1. The van der Waals surface area contributed by atoms with Crippen molar-refractivity contribution in [2.75, 3.05) is 39.9 Å². The van der Waals surface area contributed by atoms with Gasteiger partial charge >= 0.3 is 6.03 Å². The molecule has 1 saturated heterocycles. The van der Waals surface area contributed by atoms with Gasteiger partial charge in [-0.2, -0.15) is 0 Å². The Labute approximate surface area is 168 Å². The van der Waals surface area contributed by atoms with Crippen molar-refractivity contribution < 1.29 is 19.4 Å². The highest BCUT2D eigenvalue weighted by Crippen LogP contribution is 2.55. The maximum atomic E-state index is 12.6. The van der Waals surface area contributed by atoms with Gasteiger partial charge in [-0.05, 0) is 81.6 Å². The van der Waals surface area contributed by atoms with E-state index in [-0.39, 0.29) is 18.0 Å². The standard InChI is InChI=1S/C20H35N3O2.CH2O2/c1-25-6-5-23-4-2-3-15(14-23)13-21-19(24)22-20-10-16-7-17(11-20)9-18(8-16)12-20;2-1-3/h15-18H,2-14H2,1H3,(H2,21,22,24);1H,(H,2,3). The van der Waals surface area contributed by atoms with Crippen molar-refractivity contribution in [1.82, 2.24) is 15.5 Å². The third kappa shape index (κ3) is 5.60. The van der Waals surface area contributed by atoms with Gasteiger partial charge in [0, 0.05) is 32.3 Å². The van der Waals surface area contributed by atoms with Crippen molar-refractivity contribution in [2.45, 2.75) is 56.9 Å². The van der Waals surface area contributed by atoms with Crippen LogP contribution in [-0.4, -0.2) is 67.9 Å². The van der Waals surface area contributed by atoms with Crippen LogP contribution in [0.5, 0.6) is 0 Å². The molecule has 5 aliphatic rings. The number of methoxy groups -OCH3 is 1. The molecule has 5 fully saturated rings. The number of piperidine rings is 1. The van der Waals surface area contributed by atoms with E-state index in [1.807, 2.05) is 0 Å². The van der Waals surface area contributed by atoms with Crippen LogP contribution >= 0.6 is 0 Å². The Kier molecular flexibility index (Phi) is 7.57. The Morgan fingerprint density at radius 3 is 2.39 bits per heavy atom. The first-order valence-corrected chi connectivity index (χ1v) is 10.9. The summed E-state index contributed by atoms with van der Waals surface area (Å²) in [7, 11) is 1.76. The summed E-state index contributed by atoms with van der Waals surface area (Å²) in [6.07, 6.45) is 10.4. The summed E-state index contributed by atoms with van der Waals surface area (Å²) in [5.74, 6) is 3.20. The average Bonchev–Trinajstić information content (AvgIpc) is 2.64. The summed E-state index contributed by atoms with van der Waals surface area (Å²) in [5.41, 5.74) is 0.121. The lowest BCUT2D eigenvalue weighted by atomic mass is 9.53. The molecule has 5 rings (SSSR count). The minimum atomic E-state index is -0.250. The largest absolute Gasteiger partial charge is 0.483 e. The molecule has 0 aromatic carbocycles. The first kappa shape index (κ1) is 21.4. The summed E-state index contributed by atoms with van der Waals surface area (Å²) in [6.45, 7) is 4.61. The molecule has 28 heavy (non-hydrogen) atoms. The second-order valence-corrected chi connectivity index (χ2v) is 9.44. The van der Waals surface area contributed by atoms with Crippen LogP contribution in [0.2, 0.25) is 0 Å². The number of ether oxygens (including phenoxy) is 1. The molecule has 1 atom stereocenters. The summed E-state index contributed by atoms with van der Waals surface area (Å²) in [5, 5.41) is 13.5. The normalized spacial score (nSPS) is 36.3. The highest BCUT2D eigenvalue weighted by atomic mass is 16.5. The van der Waals surface area contributed by atoms with E-state index in [2.05, 4.69) is 15.5 Å². The first-order chi connectivity index (χ1) is 13.6. The Morgan fingerprint density at radius 2 is 1.82 bits per heavy atom. The van der Waals surface area contributed by atoms with Gasteiger partial charge in [0.1, 0.15) is 0 Å². The molecule has 3 N–H and O–H groups in total. The van der Waals surface area contributed by atoms with Gasteiger partial charge in [-0.25, -0.2) is 4.79 Å². The van der Waals surface area contributed by atoms with E-state index in [0.29, 0.717) is 5.92 Å². The molecule has 4 bridgehead atoms. The predicted octanol–water partition coefficient (Wildman–Crippen LogP) is 2.31. The molecule has 160 valence electrons. The van der Waals surface area contributed by atoms with E-state index >= 15 is 0 Å². The van der Waals surface area contributed by atoms with Crippen molar-refractivity contribution in [2.24, 2.45) is 23.7 Å². The molecule has 4 saturated carbocycles. The van der Waals surface area contributed by atoms with E-state index in [0.717, 1.165) is 44.0 Å². The molecule has 7 nitrogen and oxygen atoms in total. The lowest BCUT2D eigenvalue weighted by Crippen LogP contribution is -2.61. The molecule has 2 amide bonds. The lowest BCUT2D eigenvalue weighted by molar-refractivity contribution is -0.122. The van der Waals surface area contributed by atoms with Gasteiger partial charge in [0.15, 0.2) is 0 Å². The third-order valence-electron chi connectivity index (χ3n) is 7.18. The second-order valence-electron chi connectivity index (χ2n) is 9.44. The molecule has 0 aromatic rings. The van der Waals surface area contributed by atoms with Gasteiger partial charge in [-0.1, -0.05) is 0 Å². The van der Waals surface area contributed by atoms with E-state index in [1.54, 1.807) is 7.11 Å². The smallest absolute Gasteiger partial charge is 0.315 e. The number of nitrogens with one attached hydrogen (secondary N) is 2. The number of carbonyl (C=O) groups excluding carboxylic acids is 1. The van der Waals surface area contributed by atoms with Crippen LogP contribution in [0.1, 0.15) is 51.4 Å². The number of likely N-dealkylation sites (tertiary alicyclic amines) is 1. The van der Waals surface area contributed by atoms with Gasteiger partial charge < -0.3 is 25.4 Å². The quantitative estimate of drug-likeness (QED) is 0.601. The summed E-state index contributed by atoms with van der Waals surface area (Å²) >= 11 is 0. The van der Waals surface area contributed by atoms with E-state index in [1.165, 1.54) is 57.9 Å². The summed E-state index contributed by atoms with van der Waals surface area (Å²) in [6, 6.07) is 0.0796. The fourth-order valence-electron chi connectivity index (χ4n) is 6.53. The van der Waals surface area contributed by atoms with Crippen molar-refractivity contribution in [3.05, 3.63) is 0 Å². The Bertz CT molecular complexity index is 492. The number of hydrogen-bond donors (Lipinski definition) is 3. The van der Waals surface area contributed by atoms with Crippen LogP contribution in [0, 0.1) is 23.7 Å². The molecule has 7 heteroatoms. The average molecular weight is 396 g/mol. The highest BCUT2D eigenvalue weighted by molar-refractivity contribution is 5.74. The van der Waals surface area contributed by atoms with E-state index < -0.39 is 0 Å². The molecule has 1 heterocycles. The van der Waals surface area contributed by atoms with E-state index in [4.69, 9.17) is 14.6 Å². The number of amides is 2. The number of rotatable bonds is 6. The minimum absolute atomic E-state index is 0.0796. The highest BCUT2D eigenvalue weighted by Gasteiger charge is 2.51. The number of carbonyl (C=O) groups is 2. The molecular formula is C21H37N3O4. The zero-order valence-electron chi connectivity index (χ0n) is 17.2. The van der Waals surface area contributed by atoms with Gasteiger partial charge in [0.25, 0.3) is 6.47 Å². The Balaban J connectivity index is 0.000000706. The van der Waals surface area contributed by atoms with Gasteiger partial charge in [-0.15, -0.1) is 0 Å². The van der Waals surface area contributed by atoms with Crippen LogP contribution in [-0.2, 0) is 9.53 Å². The molecule has 1 unspecified atom stereocenters. The maximum absolute atomic E-state index is 12.6. The molecule has 1 aliphatic heterocycles. The van der Waals surface area contributed by atoms with Crippen molar-refractivity contribution in [3.63, 3.8) is 0 Å². The van der Waals surface area contributed by atoms with Crippen LogP contribution in [0.4, 0.5) is 4.79 Å². The number of urea groups is 1. The second kappa shape index (κ2) is 9.92. The topological polar surface area (TPSA) is 90.9 Å². The van der Waals surface area contributed by atoms with Crippen LogP contribution < -0.4 is 10.6 Å². The fourth-order valence-corrected chi connectivity index (χ4v) is 6.53. The van der Waals surface area contributed by atoms with Crippen molar-refractivity contribution in [1.29, 1.82) is 0 Å².